The van der Waals surface area contributed by atoms with E-state index in [1.165, 1.54) is 18.2 Å². The van der Waals surface area contributed by atoms with Crippen molar-refractivity contribution in [1.29, 1.82) is 0 Å². The van der Waals surface area contributed by atoms with Crippen LogP contribution < -0.4 is 10.9 Å². The van der Waals surface area contributed by atoms with Crippen LogP contribution in [0.5, 0.6) is 0 Å². The van der Waals surface area contributed by atoms with E-state index in [0.29, 0.717) is 11.1 Å². The molecule has 114 valence electrons. The van der Waals surface area contributed by atoms with Gasteiger partial charge in [-0.1, -0.05) is 22.0 Å². The van der Waals surface area contributed by atoms with Crippen LogP contribution in [0.1, 0.15) is 15.9 Å². The van der Waals surface area contributed by atoms with E-state index in [9.17, 15) is 14.0 Å². The number of amides is 2. The Morgan fingerprint density at radius 2 is 1.68 bits per heavy atom. The first-order chi connectivity index (χ1) is 10.5. The van der Waals surface area contributed by atoms with Crippen LogP contribution in [0.15, 0.2) is 51.4 Å². The van der Waals surface area contributed by atoms with Crippen LogP contribution in [-0.2, 0) is 11.2 Å². The minimum atomic E-state index is -0.416. The van der Waals surface area contributed by atoms with Gasteiger partial charge >= 0.3 is 0 Å². The Morgan fingerprint density at radius 1 is 1.00 bits per heavy atom. The zero-order chi connectivity index (χ0) is 16.1. The van der Waals surface area contributed by atoms with Gasteiger partial charge in [0.2, 0.25) is 5.91 Å². The van der Waals surface area contributed by atoms with Crippen LogP contribution in [0.4, 0.5) is 4.39 Å². The molecule has 2 rings (SSSR count). The summed E-state index contributed by atoms with van der Waals surface area (Å²) in [6.07, 6.45) is 0.0273. The monoisotopic (exact) mass is 428 g/mol. The SMILES string of the molecule is O=C(Cc1ccc(F)c(Br)c1)NNC(=O)c1ccc(Br)cc1. The molecular weight excluding hydrogens is 419 g/mol. The lowest BCUT2D eigenvalue weighted by Gasteiger charge is -2.08. The number of carbonyl (C=O) groups is 2. The fourth-order valence-electron chi connectivity index (χ4n) is 1.68. The van der Waals surface area contributed by atoms with Crippen molar-refractivity contribution < 1.29 is 14.0 Å². The highest BCUT2D eigenvalue weighted by Gasteiger charge is 2.09. The maximum Gasteiger partial charge on any atom is 0.269 e. The summed E-state index contributed by atoms with van der Waals surface area (Å²) in [5.41, 5.74) is 5.70. The maximum atomic E-state index is 13.1. The second-order valence-electron chi connectivity index (χ2n) is 4.43. The predicted octanol–water partition coefficient (Wildman–Crippen LogP) is 3.35. The van der Waals surface area contributed by atoms with E-state index >= 15 is 0 Å². The van der Waals surface area contributed by atoms with Crippen molar-refractivity contribution in [3.8, 4) is 0 Å². The number of rotatable bonds is 3. The van der Waals surface area contributed by atoms with Gasteiger partial charge in [0, 0.05) is 10.0 Å². The molecule has 0 fully saturated rings. The van der Waals surface area contributed by atoms with Gasteiger partial charge in [-0.15, -0.1) is 0 Å². The van der Waals surface area contributed by atoms with Crippen molar-refractivity contribution in [1.82, 2.24) is 10.9 Å². The molecule has 0 saturated carbocycles. The first-order valence-electron chi connectivity index (χ1n) is 6.24. The summed E-state index contributed by atoms with van der Waals surface area (Å²) in [6.45, 7) is 0. The smallest absolute Gasteiger partial charge is 0.269 e. The highest BCUT2D eigenvalue weighted by Crippen LogP contribution is 2.17. The molecule has 0 unspecified atom stereocenters. The molecule has 7 heteroatoms. The molecular formula is C15H11Br2FN2O2. The first-order valence-corrected chi connectivity index (χ1v) is 7.83. The molecule has 22 heavy (non-hydrogen) atoms. The zero-order valence-corrected chi connectivity index (χ0v) is 14.4. The molecule has 0 aliphatic rings. The molecule has 2 N–H and O–H groups in total. The minimum absolute atomic E-state index is 0.0273. The highest BCUT2D eigenvalue weighted by atomic mass is 79.9. The fourth-order valence-corrected chi connectivity index (χ4v) is 2.37. The topological polar surface area (TPSA) is 58.2 Å². The van der Waals surface area contributed by atoms with E-state index in [4.69, 9.17) is 0 Å². The number of hydrazine groups is 1. The fraction of sp³-hybridized carbons (Fsp3) is 0.0667. The molecule has 0 atom stereocenters. The lowest BCUT2D eigenvalue weighted by atomic mass is 10.1. The minimum Gasteiger partial charge on any atom is -0.273 e. The Bertz CT molecular complexity index is 705. The third-order valence-electron chi connectivity index (χ3n) is 2.77. The van der Waals surface area contributed by atoms with E-state index < -0.39 is 17.6 Å². The van der Waals surface area contributed by atoms with Gasteiger partial charge in [-0.25, -0.2) is 4.39 Å². The highest BCUT2D eigenvalue weighted by molar-refractivity contribution is 9.10. The van der Waals surface area contributed by atoms with E-state index in [1.54, 1.807) is 24.3 Å². The van der Waals surface area contributed by atoms with Gasteiger partial charge in [0.25, 0.3) is 5.91 Å². The summed E-state index contributed by atoms with van der Waals surface area (Å²) in [5, 5.41) is 0. The van der Waals surface area contributed by atoms with Gasteiger partial charge in [0.15, 0.2) is 0 Å². The van der Waals surface area contributed by atoms with Gasteiger partial charge < -0.3 is 0 Å². The average Bonchev–Trinajstić information content (AvgIpc) is 2.49. The predicted molar refractivity (Wildman–Crippen MR) is 87.6 cm³/mol. The zero-order valence-electron chi connectivity index (χ0n) is 11.2. The molecule has 0 spiro atoms. The molecule has 2 aromatic carbocycles. The van der Waals surface area contributed by atoms with Crippen LogP contribution in [0, 0.1) is 5.82 Å². The van der Waals surface area contributed by atoms with E-state index in [2.05, 4.69) is 42.7 Å². The lowest BCUT2D eigenvalue weighted by Crippen LogP contribution is -2.42. The molecule has 0 saturated heterocycles. The normalized spacial score (nSPS) is 10.1. The third kappa shape index (κ3) is 4.64. The Kier molecular flexibility index (Phi) is 5.68. The number of hydrogen-bond acceptors (Lipinski definition) is 2. The van der Waals surface area contributed by atoms with Gasteiger partial charge in [-0.3, -0.25) is 20.4 Å². The Morgan fingerprint density at radius 3 is 2.32 bits per heavy atom. The van der Waals surface area contributed by atoms with Crippen LogP contribution in [-0.4, -0.2) is 11.8 Å². The molecule has 2 amide bonds. The molecule has 2 aromatic rings. The van der Waals surface area contributed by atoms with Crippen molar-refractivity contribution in [2.24, 2.45) is 0 Å². The quantitative estimate of drug-likeness (QED) is 0.735. The molecule has 0 aromatic heterocycles. The Labute approximate surface area is 143 Å². The molecule has 0 bridgehead atoms. The van der Waals surface area contributed by atoms with Crippen molar-refractivity contribution in [2.75, 3.05) is 0 Å². The number of hydrogen-bond donors (Lipinski definition) is 2. The van der Waals surface area contributed by atoms with Crippen LogP contribution >= 0.6 is 31.9 Å². The molecule has 0 aliphatic heterocycles. The van der Waals surface area contributed by atoms with Gasteiger partial charge in [0.1, 0.15) is 5.82 Å². The third-order valence-corrected chi connectivity index (χ3v) is 3.91. The Hall–Kier alpha value is -1.73. The average molecular weight is 430 g/mol. The second-order valence-corrected chi connectivity index (χ2v) is 6.20. The first kappa shape index (κ1) is 16.6. The second kappa shape index (κ2) is 7.51. The van der Waals surface area contributed by atoms with Gasteiger partial charge in [0.05, 0.1) is 10.9 Å². The molecule has 0 radical (unpaired) electrons. The summed E-state index contributed by atoms with van der Waals surface area (Å²) < 4.78 is 14.2. The summed E-state index contributed by atoms with van der Waals surface area (Å²) in [6, 6.07) is 11.0. The van der Waals surface area contributed by atoms with E-state index in [-0.39, 0.29) is 10.9 Å². The Balaban J connectivity index is 1.88. The standard InChI is InChI=1S/C15H11Br2FN2O2/c16-11-4-2-10(3-5-11)15(22)20-19-14(21)8-9-1-6-13(18)12(17)7-9/h1-7H,8H2,(H,19,21)(H,20,22). The summed E-state index contributed by atoms with van der Waals surface area (Å²) in [5.74, 6) is -1.21. The number of halogens is 3. The molecule has 0 aliphatic carbocycles. The number of carbonyl (C=O) groups excluding carboxylic acids is 2. The van der Waals surface area contributed by atoms with Crippen molar-refractivity contribution >= 4 is 43.7 Å². The number of nitrogens with one attached hydrogen (secondary N) is 2. The molecule has 0 heterocycles. The van der Waals surface area contributed by atoms with E-state index in [1.807, 2.05) is 0 Å². The summed E-state index contributed by atoms with van der Waals surface area (Å²) in [7, 11) is 0. The number of benzene rings is 2. The summed E-state index contributed by atoms with van der Waals surface area (Å²) in [4.78, 5) is 23.6. The van der Waals surface area contributed by atoms with Crippen molar-refractivity contribution in [3.63, 3.8) is 0 Å². The largest absolute Gasteiger partial charge is 0.273 e. The molecule has 4 nitrogen and oxygen atoms in total. The van der Waals surface area contributed by atoms with Crippen LogP contribution in [0.3, 0.4) is 0 Å². The van der Waals surface area contributed by atoms with E-state index in [0.717, 1.165) is 4.47 Å². The maximum absolute atomic E-state index is 13.1. The van der Waals surface area contributed by atoms with Gasteiger partial charge in [-0.05, 0) is 57.9 Å². The summed E-state index contributed by atoms with van der Waals surface area (Å²) >= 11 is 6.33. The van der Waals surface area contributed by atoms with Crippen LogP contribution in [0.2, 0.25) is 0 Å². The van der Waals surface area contributed by atoms with Crippen molar-refractivity contribution in [2.45, 2.75) is 6.42 Å². The van der Waals surface area contributed by atoms with Crippen LogP contribution in [0.25, 0.3) is 0 Å². The van der Waals surface area contributed by atoms with Gasteiger partial charge in [-0.2, -0.15) is 0 Å². The van der Waals surface area contributed by atoms with Crippen molar-refractivity contribution in [3.05, 3.63) is 68.4 Å². The lowest BCUT2D eigenvalue weighted by molar-refractivity contribution is -0.121.